The third-order valence-electron chi connectivity index (χ3n) is 0.267. The largest absolute Gasteiger partial charge is 0.426 e. The molecule has 6 heteroatoms. The lowest BCUT2D eigenvalue weighted by molar-refractivity contribution is 0.436. The van der Waals surface area contributed by atoms with Crippen molar-refractivity contribution in [3.8, 4) is 0 Å². The van der Waals surface area contributed by atoms with Crippen molar-refractivity contribution in [1.29, 1.82) is 0 Å². The monoisotopic (exact) mass is 122 g/mol. The third-order valence-corrected chi connectivity index (χ3v) is 0.565. The molecular weight excluding hydrogens is 117 g/mol. The lowest BCUT2D eigenvalue weighted by atomic mass is 10.3. The maximum absolute atomic E-state index is 9.65. The molecule has 0 amide bonds. The van der Waals surface area contributed by atoms with Crippen molar-refractivity contribution in [2.24, 2.45) is 0 Å². The molecule has 0 saturated carbocycles. The van der Waals surface area contributed by atoms with Gasteiger partial charge in [0.15, 0.2) is 0 Å². The van der Waals surface area contributed by atoms with Gasteiger partial charge in [-0.1, -0.05) is 0 Å². The quantitative estimate of drug-likeness (QED) is 0.368. The van der Waals surface area contributed by atoms with E-state index in [2.05, 4.69) is 4.65 Å². The summed E-state index contributed by atoms with van der Waals surface area (Å²) < 4.78 is 23.8. The van der Waals surface area contributed by atoms with E-state index in [1.54, 1.807) is 0 Å². The van der Waals surface area contributed by atoms with Crippen molar-refractivity contribution in [3.05, 3.63) is 0 Å². The SMILES string of the molecule is CO[B]NS(=O)O. The zero-order valence-corrected chi connectivity index (χ0v) is 4.57. The van der Waals surface area contributed by atoms with E-state index in [9.17, 15) is 4.21 Å². The topological polar surface area (TPSA) is 58.6 Å². The van der Waals surface area contributed by atoms with Gasteiger partial charge >= 0.3 is 7.62 Å². The Kier molecular flexibility index (Phi) is 4.32. The van der Waals surface area contributed by atoms with Crippen LogP contribution in [0.1, 0.15) is 0 Å². The Balaban J connectivity index is 2.82. The van der Waals surface area contributed by atoms with Crippen LogP contribution in [0.15, 0.2) is 0 Å². The molecule has 4 nitrogen and oxygen atoms in total. The highest BCUT2D eigenvalue weighted by Crippen LogP contribution is 1.57. The fourth-order valence-electron chi connectivity index (χ4n) is 0.0893. The average molecular weight is 122 g/mol. The van der Waals surface area contributed by atoms with E-state index in [0.29, 0.717) is 0 Å². The summed E-state index contributed by atoms with van der Waals surface area (Å²) in [4.78, 5) is 0. The van der Waals surface area contributed by atoms with Crippen molar-refractivity contribution < 1.29 is 13.4 Å². The molecular formula is CH5BNO3S. The molecule has 1 radical (unpaired) electrons. The fourth-order valence-corrected chi connectivity index (χ4v) is 0.268. The van der Waals surface area contributed by atoms with Gasteiger partial charge in [0, 0.05) is 7.11 Å². The molecule has 7 heavy (non-hydrogen) atoms. The van der Waals surface area contributed by atoms with E-state index in [-0.39, 0.29) is 0 Å². The Morgan fingerprint density at radius 1 is 2.00 bits per heavy atom. The minimum atomic E-state index is -2.00. The van der Waals surface area contributed by atoms with Gasteiger partial charge in [-0.15, -0.1) is 0 Å². The molecule has 0 rings (SSSR count). The summed E-state index contributed by atoms with van der Waals surface area (Å²) in [5.41, 5.74) is 0. The van der Waals surface area contributed by atoms with Crippen molar-refractivity contribution in [2.45, 2.75) is 0 Å². The minimum Gasteiger partial charge on any atom is -0.426 e. The molecule has 1 unspecified atom stereocenters. The van der Waals surface area contributed by atoms with Crippen LogP contribution in [0.25, 0.3) is 0 Å². The molecule has 0 aliphatic rings. The number of hydrogen-bond acceptors (Lipinski definition) is 2. The van der Waals surface area contributed by atoms with E-state index in [4.69, 9.17) is 4.55 Å². The van der Waals surface area contributed by atoms with Gasteiger partial charge in [-0.3, -0.25) is 4.55 Å². The van der Waals surface area contributed by atoms with Crippen molar-refractivity contribution in [3.63, 3.8) is 0 Å². The van der Waals surface area contributed by atoms with Crippen molar-refractivity contribution >= 4 is 18.9 Å². The van der Waals surface area contributed by atoms with Gasteiger partial charge in [-0.2, -0.15) is 0 Å². The van der Waals surface area contributed by atoms with Gasteiger partial charge in [0.1, 0.15) is 0 Å². The Labute approximate surface area is 45.0 Å². The van der Waals surface area contributed by atoms with Crippen LogP contribution in [0, 0.1) is 0 Å². The number of hydrogen-bond donors (Lipinski definition) is 2. The first-order valence-electron chi connectivity index (χ1n) is 1.49. The summed E-state index contributed by atoms with van der Waals surface area (Å²) in [6, 6.07) is 0. The smallest absolute Gasteiger partial charge is 0.410 e. The Bertz CT molecular complexity index is 68.0. The fraction of sp³-hybridized carbons (Fsp3) is 1.00. The highest BCUT2D eigenvalue weighted by Gasteiger charge is 1.89. The molecule has 41 valence electrons. The molecule has 0 heterocycles. The molecule has 0 bridgehead atoms. The van der Waals surface area contributed by atoms with Crippen LogP contribution in [-0.4, -0.2) is 23.5 Å². The van der Waals surface area contributed by atoms with E-state index in [1.807, 2.05) is 4.63 Å². The van der Waals surface area contributed by atoms with Crippen LogP contribution in [0.3, 0.4) is 0 Å². The zero-order chi connectivity index (χ0) is 5.70. The summed E-state index contributed by atoms with van der Waals surface area (Å²) in [6.07, 6.45) is 0. The van der Waals surface area contributed by atoms with Crippen LogP contribution in [0.4, 0.5) is 0 Å². The van der Waals surface area contributed by atoms with Crippen LogP contribution in [0.2, 0.25) is 0 Å². The van der Waals surface area contributed by atoms with Crippen LogP contribution < -0.4 is 4.63 Å². The number of rotatable bonds is 3. The molecule has 0 aromatic rings. The molecule has 0 aromatic heterocycles. The third kappa shape index (κ3) is 6.09. The predicted octanol–water partition coefficient (Wildman–Crippen LogP) is -1.11. The first-order valence-corrected chi connectivity index (χ1v) is 2.59. The first kappa shape index (κ1) is 7.09. The predicted molar refractivity (Wildman–Crippen MR) is 26.7 cm³/mol. The van der Waals surface area contributed by atoms with E-state index >= 15 is 0 Å². The molecule has 0 spiro atoms. The van der Waals surface area contributed by atoms with Gasteiger partial charge in [0.25, 0.3) is 0 Å². The maximum Gasteiger partial charge on any atom is 0.410 e. The van der Waals surface area contributed by atoms with Gasteiger partial charge in [0.2, 0.25) is 11.3 Å². The first-order chi connectivity index (χ1) is 3.27. The molecule has 0 aliphatic heterocycles. The van der Waals surface area contributed by atoms with E-state index < -0.39 is 11.3 Å². The van der Waals surface area contributed by atoms with Gasteiger partial charge in [-0.25, -0.2) is 8.84 Å². The summed E-state index contributed by atoms with van der Waals surface area (Å²) in [5.74, 6) is 0. The zero-order valence-electron chi connectivity index (χ0n) is 3.75. The second-order valence-electron chi connectivity index (χ2n) is 0.721. The molecule has 0 aromatic carbocycles. The van der Waals surface area contributed by atoms with Gasteiger partial charge in [-0.05, 0) is 0 Å². The Morgan fingerprint density at radius 2 is 2.57 bits per heavy atom. The van der Waals surface area contributed by atoms with Crippen LogP contribution in [0.5, 0.6) is 0 Å². The molecule has 1 atom stereocenters. The molecule has 0 fully saturated rings. The lowest BCUT2D eigenvalue weighted by Crippen LogP contribution is -2.22. The Hall–Kier alpha value is 0.0949. The Morgan fingerprint density at radius 3 is 2.71 bits per heavy atom. The standard InChI is InChI=1S/CH5BNO3S/c1-6-2-3-7(4)5/h3H,1H3,(H,4,5). The second kappa shape index (κ2) is 4.26. The highest BCUT2D eigenvalue weighted by atomic mass is 32.2. The van der Waals surface area contributed by atoms with E-state index in [1.165, 1.54) is 7.11 Å². The van der Waals surface area contributed by atoms with Gasteiger partial charge in [0.05, 0.1) is 0 Å². The van der Waals surface area contributed by atoms with Crippen molar-refractivity contribution in [1.82, 2.24) is 4.63 Å². The summed E-state index contributed by atoms with van der Waals surface area (Å²) in [5, 5.41) is 0. The lowest BCUT2D eigenvalue weighted by Gasteiger charge is -1.89. The average Bonchev–Trinajstić information content (AvgIpc) is 1.61. The second-order valence-corrected chi connectivity index (χ2v) is 1.45. The van der Waals surface area contributed by atoms with Crippen LogP contribution in [-0.2, 0) is 15.9 Å². The van der Waals surface area contributed by atoms with Gasteiger partial charge < -0.3 is 4.65 Å². The van der Waals surface area contributed by atoms with Crippen molar-refractivity contribution in [2.75, 3.05) is 7.11 Å². The summed E-state index contributed by atoms with van der Waals surface area (Å²) in [7, 11) is 2.40. The molecule has 0 aliphatic carbocycles. The highest BCUT2D eigenvalue weighted by molar-refractivity contribution is 7.78. The summed E-state index contributed by atoms with van der Waals surface area (Å²) >= 11 is -2.00. The molecule has 2 N–H and O–H groups in total. The normalized spacial score (nSPS) is 13.4. The maximum atomic E-state index is 9.65. The molecule has 0 saturated heterocycles. The van der Waals surface area contributed by atoms with E-state index in [0.717, 1.165) is 7.62 Å². The summed E-state index contributed by atoms with van der Waals surface area (Å²) in [6.45, 7) is 0. The number of nitrogens with one attached hydrogen (secondary N) is 1. The minimum absolute atomic E-state index is 1.02. The van der Waals surface area contributed by atoms with Crippen LogP contribution >= 0.6 is 0 Å².